The summed E-state index contributed by atoms with van der Waals surface area (Å²) in [5.74, 6) is 0. The molecule has 0 saturated heterocycles. The summed E-state index contributed by atoms with van der Waals surface area (Å²) in [5, 5.41) is 2.27. The number of aryl methyl sites for hydroxylation is 1. The number of nitrogens with zero attached hydrogens (tertiary/aromatic N) is 3. The number of benzene rings is 7. The average molecular weight is 836 g/mol. The molecule has 0 N–H and O–H groups in total. The van der Waals surface area contributed by atoms with Crippen LogP contribution in [0, 0.1) is 6.92 Å². The van der Waals surface area contributed by atoms with Gasteiger partial charge in [-0.2, -0.15) is 0 Å². The largest absolute Gasteiger partial charge is 0.456 e. The zero-order valence-corrected chi connectivity index (χ0v) is 38.9. The standard InChI is InChI=1S/C59H58BN3O/c1-37-32-51-55-52(33-37)62(41-26-29-54-44(35-41)43-16-10-13-19-53(43)64-54)50-36-42(63-48-18-12-11-17-45(48)58(8)30-14-15-31-59(58,63)9)25-27-46(50)60(55)47-34-39(57(5,6)7)22-28-49(47)61(51)40-23-20-38(21-24-40)56(2,3)4/h10-13,16-29,32-36H,14-15,30-31H2,1-9H3. The van der Waals surface area contributed by atoms with Crippen LogP contribution in [0.3, 0.4) is 0 Å². The third kappa shape index (κ3) is 5.49. The van der Waals surface area contributed by atoms with Gasteiger partial charge in [0.2, 0.25) is 0 Å². The molecular formula is C59H58BN3O. The molecule has 4 nitrogen and oxygen atoms in total. The fourth-order valence-corrected chi connectivity index (χ4v) is 12.3. The monoisotopic (exact) mass is 835 g/mol. The van der Waals surface area contributed by atoms with E-state index in [0.717, 1.165) is 34.0 Å². The molecule has 8 aromatic rings. The van der Waals surface area contributed by atoms with Gasteiger partial charge in [-0.05, 0) is 149 Å². The molecule has 0 spiro atoms. The van der Waals surface area contributed by atoms with Gasteiger partial charge in [-0.1, -0.05) is 128 Å². The van der Waals surface area contributed by atoms with E-state index in [1.807, 2.05) is 0 Å². The minimum atomic E-state index is -0.0545. The van der Waals surface area contributed by atoms with Crippen molar-refractivity contribution >= 4 is 90.5 Å². The Labute approximate surface area is 379 Å². The predicted octanol–water partition coefficient (Wildman–Crippen LogP) is 14.3. The molecule has 3 aliphatic heterocycles. The van der Waals surface area contributed by atoms with Gasteiger partial charge < -0.3 is 19.1 Å². The van der Waals surface area contributed by atoms with Gasteiger partial charge in [0.1, 0.15) is 11.2 Å². The van der Waals surface area contributed by atoms with E-state index in [1.54, 1.807) is 0 Å². The van der Waals surface area contributed by atoms with Crippen LogP contribution in [0.4, 0.5) is 45.5 Å². The zero-order chi connectivity index (χ0) is 44.1. The molecule has 318 valence electrons. The molecule has 7 aromatic carbocycles. The lowest BCUT2D eigenvalue weighted by Gasteiger charge is -2.50. The zero-order valence-electron chi connectivity index (χ0n) is 38.9. The first-order chi connectivity index (χ1) is 30.6. The Balaban J connectivity index is 1.15. The van der Waals surface area contributed by atoms with Gasteiger partial charge in [-0.15, -0.1) is 0 Å². The van der Waals surface area contributed by atoms with Crippen LogP contribution in [0.5, 0.6) is 0 Å². The Hall–Kier alpha value is -6.20. The summed E-state index contributed by atoms with van der Waals surface area (Å²) in [6.07, 6.45) is 4.87. The number of para-hydroxylation sites is 2. The molecule has 1 aromatic heterocycles. The van der Waals surface area contributed by atoms with Crippen molar-refractivity contribution in [1.82, 2.24) is 0 Å². The molecule has 1 aliphatic carbocycles. The van der Waals surface area contributed by atoms with E-state index in [0.29, 0.717) is 0 Å². The van der Waals surface area contributed by atoms with Crippen molar-refractivity contribution in [2.24, 2.45) is 0 Å². The number of rotatable bonds is 3. The molecule has 1 fully saturated rings. The van der Waals surface area contributed by atoms with Crippen LogP contribution >= 0.6 is 0 Å². The summed E-state index contributed by atoms with van der Waals surface area (Å²) in [6, 6.07) is 53.6. The first-order valence-electron chi connectivity index (χ1n) is 23.6. The van der Waals surface area contributed by atoms with Gasteiger partial charge in [0.05, 0.1) is 5.54 Å². The molecule has 5 heteroatoms. The van der Waals surface area contributed by atoms with Crippen LogP contribution in [0.1, 0.15) is 103 Å². The second kappa shape index (κ2) is 13.4. The van der Waals surface area contributed by atoms with Crippen molar-refractivity contribution in [2.75, 3.05) is 14.7 Å². The quantitative estimate of drug-likeness (QED) is 0.165. The van der Waals surface area contributed by atoms with Crippen LogP contribution in [-0.2, 0) is 16.2 Å². The normalized spacial score (nSPS) is 20.0. The number of hydrogen-bond acceptors (Lipinski definition) is 4. The Kier molecular flexibility index (Phi) is 8.26. The van der Waals surface area contributed by atoms with Crippen LogP contribution in [0.2, 0.25) is 0 Å². The highest BCUT2D eigenvalue weighted by Gasteiger charge is 2.57. The topological polar surface area (TPSA) is 22.9 Å². The highest BCUT2D eigenvalue weighted by molar-refractivity contribution is 7.00. The number of furan rings is 1. The van der Waals surface area contributed by atoms with E-state index in [9.17, 15) is 0 Å². The molecule has 1 saturated carbocycles. The van der Waals surface area contributed by atoms with Gasteiger partial charge in [0.25, 0.3) is 6.71 Å². The third-order valence-corrected chi connectivity index (χ3v) is 15.9. The van der Waals surface area contributed by atoms with Crippen molar-refractivity contribution in [3.8, 4) is 0 Å². The van der Waals surface area contributed by atoms with Crippen molar-refractivity contribution in [1.29, 1.82) is 0 Å². The van der Waals surface area contributed by atoms with Crippen LogP contribution in [0.15, 0.2) is 144 Å². The lowest BCUT2D eigenvalue weighted by atomic mass is 9.33. The summed E-state index contributed by atoms with van der Waals surface area (Å²) >= 11 is 0. The first-order valence-corrected chi connectivity index (χ1v) is 23.6. The van der Waals surface area contributed by atoms with E-state index >= 15 is 0 Å². The van der Waals surface area contributed by atoms with Crippen molar-refractivity contribution < 1.29 is 4.42 Å². The predicted molar refractivity (Wildman–Crippen MR) is 273 cm³/mol. The highest BCUT2D eigenvalue weighted by atomic mass is 16.3. The van der Waals surface area contributed by atoms with Crippen LogP contribution in [-0.4, -0.2) is 12.3 Å². The van der Waals surface area contributed by atoms with E-state index in [1.165, 1.54) is 97.7 Å². The number of hydrogen-bond donors (Lipinski definition) is 0. The van der Waals surface area contributed by atoms with Crippen LogP contribution in [0.25, 0.3) is 21.9 Å². The lowest BCUT2D eigenvalue weighted by Crippen LogP contribution is -2.61. The van der Waals surface area contributed by atoms with Crippen molar-refractivity contribution in [3.05, 3.63) is 162 Å². The van der Waals surface area contributed by atoms with Gasteiger partial charge in [0.15, 0.2) is 0 Å². The third-order valence-electron chi connectivity index (χ3n) is 15.9. The summed E-state index contributed by atoms with van der Waals surface area (Å²) in [7, 11) is 0. The highest BCUT2D eigenvalue weighted by Crippen LogP contribution is 2.61. The fraction of sp³-hybridized carbons (Fsp3) is 0.288. The summed E-state index contributed by atoms with van der Waals surface area (Å²) in [4.78, 5) is 7.87. The summed E-state index contributed by atoms with van der Waals surface area (Å²) < 4.78 is 6.44. The van der Waals surface area contributed by atoms with E-state index in [-0.39, 0.29) is 28.5 Å². The second-order valence-electron chi connectivity index (χ2n) is 21.8. The summed E-state index contributed by atoms with van der Waals surface area (Å²) in [6.45, 7) is 21.3. The molecule has 12 rings (SSSR count). The fourth-order valence-electron chi connectivity index (χ4n) is 12.3. The number of fused-ring (bicyclic) bond motifs is 10. The first kappa shape index (κ1) is 39.4. The minimum absolute atomic E-state index is 0.0215. The Morgan fingerprint density at radius 2 is 1.16 bits per heavy atom. The Morgan fingerprint density at radius 3 is 1.92 bits per heavy atom. The van der Waals surface area contributed by atoms with Gasteiger partial charge >= 0.3 is 0 Å². The molecule has 0 radical (unpaired) electrons. The summed E-state index contributed by atoms with van der Waals surface area (Å²) in [5.41, 5.74) is 21.2. The molecular weight excluding hydrogens is 777 g/mol. The van der Waals surface area contributed by atoms with Gasteiger partial charge in [-0.25, -0.2) is 0 Å². The molecule has 2 unspecified atom stereocenters. The number of anilines is 8. The maximum Gasteiger partial charge on any atom is 0.252 e. The average Bonchev–Trinajstić information content (AvgIpc) is 3.74. The SMILES string of the molecule is Cc1cc2c3c(c1)N(c1ccc4oc5ccccc5c4c1)c1cc(N4c5ccccc5C5(C)CCCCC45C)ccc1B3c1cc(C(C)(C)C)ccc1N2c1ccc(C(C)(C)C)cc1. The van der Waals surface area contributed by atoms with E-state index < -0.39 is 0 Å². The maximum absolute atomic E-state index is 6.44. The molecule has 0 bridgehead atoms. The molecule has 0 amide bonds. The molecule has 4 aliphatic rings. The van der Waals surface area contributed by atoms with Gasteiger partial charge in [0, 0.05) is 61.7 Å². The van der Waals surface area contributed by atoms with Gasteiger partial charge in [-0.3, -0.25) is 0 Å². The maximum atomic E-state index is 6.44. The lowest BCUT2D eigenvalue weighted by molar-refractivity contribution is 0.195. The van der Waals surface area contributed by atoms with E-state index in [2.05, 4.69) is 217 Å². The minimum Gasteiger partial charge on any atom is -0.456 e. The molecule has 2 atom stereocenters. The molecule has 64 heavy (non-hydrogen) atoms. The van der Waals surface area contributed by atoms with Crippen molar-refractivity contribution in [2.45, 2.75) is 110 Å². The van der Waals surface area contributed by atoms with E-state index in [4.69, 9.17) is 4.42 Å². The van der Waals surface area contributed by atoms with Crippen LogP contribution < -0.4 is 31.1 Å². The Bertz CT molecular complexity index is 3220. The molecule has 4 heterocycles. The smallest absolute Gasteiger partial charge is 0.252 e. The van der Waals surface area contributed by atoms with Crippen molar-refractivity contribution in [3.63, 3.8) is 0 Å². The Morgan fingerprint density at radius 1 is 0.516 bits per heavy atom. The second-order valence-corrected chi connectivity index (χ2v) is 21.8.